The van der Waals surface area contributed by atoms with Crippen molar-refractivity contribution in [1.82, 2.24) is 10.2 Å². The van der Waals surface area contributed by atoms with Crippen LogP contribution in [0.5, 0.6) is 0 Å². The zero-order valence-corrected chi connectivity index (χ0v) is 12.7. The summed E-state index contributed by atoms with van der Waals surface area (Å²) in [5.74, 6) is 0.00194. The topological polar surface area (TPSA) is 32.3 Å². The van der Waals surface area contributed by atoms with Crippen LogP contribution in [0.2, 0.25) is 15.1 Å². The predicted molar refractivity (Wildman–Crippen MR) is 79.7 cm³/mol. The molecule has 1 heterocycles. The fourth-order valence-corrected chi connectivity index (χ4v) is 2.72. The van der Waals surface area contributed by atoms with E-state index < -0.39 is 0 Å². The lowest BCUT2D eigenvalue weighted by atomic mass is 10.1. The van der Waals surface area contributed by atoms with E-state index >= 15 is 0 Å². The number of Topliss-reactive ketones (excluding diaryl/α,β-unsaturated/α-hetero) is 1. The van der Waals surface area contributed by atoms with Crippen molar-refractivity contribution < 1.29 is 4.79 Å². The number of nitrogens with zero attached hydrogens (tertiary/aromatic N) is 1. The van der Waals surface area contributed by atoms with Gasteiger partial charge in [0.1, 0.15) is 0 Å². The van der Waals surface area contributed by atoms with Crippen LogP contribution < -0.4 is 5.32 Å². The predicted octanol–water partition coefficient (Wildman–Crippen LogP) is 3.12. The molecular weight excluding hydrogens is 307 g/mol. The van der Waals surface area contributed by atoms with E-state index in [1.807, 2.05) is 0 Å². The van der Waals surface area contributed by atoms with Crippen LogP contribution in [0.15, 0.2) is 12.1 Å². The maximum atomic E-state index is 12.1. The molecule has 1 aromatic rings. The summed E-state index contributed by atoms with van der Waals surface area (Å²) < 4.78 is 0. The Morgan fingerprint density at radius 3 is 2.42 bits per heavy atom. The Kier molecular flexibility index (Phi) is 5.48. The second-order valence-electron chi connectivity index (χ2n) is 4.51. The normalized spacial score (nSPS) is 16.6. The van der Waals surface area contributed by atoms with Gasteiger partial charge in [0.25, 0.3) is 0 Å². The lowest BCUT2D eigenvalue weighted by molar-refractivity contribution is 0.0961. The van der Waals surface area contributed by atoms with Gasteiger partial charge in [-0.1, -0.05) is 34.8 Å². The van der Waals surface area contributed by atoms with Gasteiger partial charge < -0.3 is 10.2 Å². The Morgan fingerprint density at radius 2 is 1.74 bits per heavy atom. The van der Waals surface area contributed by atoms with Crippen molar-refractivity contribution in [3.05, 3.63) is 32.8 Å². The zero-order chi connectivity index (χ0) is 13.8. The average molecular weight is 322 g/mol. The SMILES string of the molecule is O=C(CCN1CCNCC1)c1cc(Cl)c(Cl)cc1Cl. The number of hydrogen-bond acceptors (Lipinski definition) is 3. The maximum Gasteiger partial charge on any atom is 0.165 e. The van der Waals surface area contributed by atoms with Gasteiger partial charge in [-0.2, -0.15) is 0 Å². The third kappa shape index (κ3) is 4.07. The molecule has 0 spiro atoms. The van der Waals surface area contributed by atoms with Gasteiger partial charge in [0.2, 0.25) is 0 Å². The number of carbonyl (C=O) groups is 1. The molecule has 6 heteroatoms. The van der Waals surface area contributed by atoms with E-state index in [-0.39, 0.29) is 5.78 Å². The monoisotopic (exact) mass is 320 g/mol. The van der Waals surface area contributed by atoms with E-state index in [0.717, 1.165) is 32.7 Å². The number of nitrogens with one attached hydrogen (secondary N) is 1. The second-order valence-corrected chi connectivity index (χ2v) is 5.73. The summed E-state index contributed by atoms with van der Waals surface area (Å²) in [5, 5.41) is 4.36. The van der Waals surface area contributed by atoms with Gasteiger partial charge in [-0.25, -0.2) is 0 Å². The van der Waals surface area contributed by atoms with Crippen LogP contribution >= 0.6 is 34.8 Å². The highest BCUT2D eigenvalue weighted by Gasteiger charge is 2.16. The van der Waals surface area contributed by atoms with Crippen LogP contribution in [0.1, 0.15) is 16.8 Å². The van der Waals surface area contributed by atoms with Crippen molar-refractivity contribution >= 4 is 40.6 Å². The Labute approximate surface area is 127 Å². The summed E-state index contributed by atoms with van der Waals surface area (Å²) in [7, 11) is 0. The molecule has 19 heavy (non-hydrogen) atoms. The highest BCUT2D eigenvalue weighted by molar-refractivity contribution is 6.44. The summed E-state index contributed by atoms with van der Waals surface area (Å²) in [6.45, 7) is 4.64. The molecule has 1 aliphatic heterocycles. The number of piperazine rings is 1. The fourth-order valence-electron chi connectivity index (χ4n) is 2.07. The van der Waals surface area contributed by atoms with Gasteiger partial charge in [0.05, 0.1) is 15.1 Å². The molecule has 0 bridgehead atoms. The molecule has 0 unspecified atom stereocenters. The minimum atomic E-state index is 0.00194. The number of carbonyl (C=O) groups excluding carboxylic acids is 1. The average Bonchev–Trinajstić information content (AvgIpc) is 2.41. The Balaban J connectivity index is 1.97. The van der Waals surface area contributed by atoms with E-state index in [2.05, 4.69) is 10.2 Å². The Morgan fingerprint density at radius 1 is 1.11 bits per heavy atom. The van der Waals surface area contributed by atoms with Crippen molar-refractivity contribution in [2.45, 2.75) is 6.42 Å². The number of halogens is 3. The zero-order valence-electron chi connectivity index (χ0n) is 10.4. The largest absolute Gasteiger partial charge is 0.314 e. The lowest BCUT2D eigenvalue weighted by Crippen LogP contribution is -2.44. The van der Waals surface area contributed by atoms with Crippen molar-refractivity contribution in [1.29, 1.82) is 0 Å². The minimum absolute atomic E-state index is 0.00194. The first-order valence-electron chi connectivity index (χ1n) is 6.19. The summed E-state index contributed by atoms with van der Waals surface area (Å²) in [4.78, 5) is 14.4. The Bertz CT molecular complexity index is 473. The van der Waals surface area contributed by atoms with Gasteiger partial charge in [0.15, 0.2) is 5.78 Å². The van der Waals surface area contributed by atoms with E-state index in [1.165, 1.54) is 6.07 Å². The molecule has 0 aromatic heterocycles. The Hall–Kier alpha value is -0.320. The first-order chi connectivity index (χ1) is 9.08. The van der Waals surface area contributed by atoms with E-state index in [1.54, 1.807) is 6.07 Å². The first-order valence-corrected chi connectivity index (χ1v) is 7.32. The van der Waals surface area contributed by atoms with Crippen molar-refractivity contribution in [2.75, 3.05) is 32.7 Å². The van der Waals surface area contributed by atoms with E-state index in [4.69, 9.17) is 34.8 Å². The first kappa shape index (κ1) is 15.1. The van der Waals surface area contributed by atoms with Gasteiger partial charge in [-0.3, -0.25) is 4.79 Å². The molecule has 1 aromatic carbocycles. The molecule has 1 saturated heterocycles. The van der Waals surface area contributed by atoms with Gasteiger partial charge in [0, 0.05) is 44.7 Å². The van der Waals surface area contributed by atoms with E-state index in [9.17, 15) is 4.79 Å². The van der Waals surface area contributed by atoms with Crippen molar-refractivity contribution in [3.63, 3.8) is 0 Å². The summed E-state index contributed by atoms with van der Waals surface area (Å²) in [5.41, 5.74) is 0.450. The highest BCUT2D eigenvalue weighted by Crippen LogP contribution is 2.29. The molecule has 2 rings (SSSR count). The number of rotatable bonds is 4. The van der Waals surface area contributed by atoms with E-state index in [0.29, 0.717) is 27.1 Å². The van der Waals surface area contributed by atoms with Crippen LogP contribution in [-0.2, 0) is 0 Å². The minimum Gasteiger partial charge on any atom is -0.314 e. The molecule has 3 nitrogen and oxygen atoms in total. The summed E-state index contributed by atoms with van der Waals surface area (Å²) in [6.07, 6.45) is 0.442. The summed E-state index contributed by atoms with van der Waals surface area (Å²) in [6, 6.07) is 3.07. The number of ketones is 1. The van der Waals surface area contributed by atoms with Crippen molar-refractivity contribution in [3.8, 4) is 0 Å². The van der Waals surface area contributed by atoms with Crippen LogP contribution in [0, 0.1) is 0 Å². The molecule has 0 radical (unpaired) electrons. The third-order valence-electron chi connectivity index (χ3n) is 3.18. The molecule has 1 N–H and O–H groups in total. The van der Waals surface area contributed by atoms with Gasteiger partial charge in [-0.15, -0.1) is 0 Å². The van der Waals surface area contributed by atoms with Crippen LogP contribution in [0.25, 0.3) is 0 Å². The lowest BCUT2D eigenvalue weighted by Gasteiger charge is -2.26. The molecule has 0 atom stereocenters. The highest BCUT2D eigenvalue weighted by atomic mass is 35.5. The number of hydrogen-bond donors (Lipinski definition) is 1. The molecular formula is C13H15Cl3N2O. The van der Waals surface area contributed by atoms with Crippen LogP contribution in [0.3, 0.4) is 0 Å². The standard InChI is InChI=1S/C13H15Cl3N2O/c14-10-8-12(16)11(15)7-9(10)13(19)1-4-18-5-2-17-3-6-18/h7-8,17H,1-6H2. The molecule has 0 aliphatic carbocycles. The second kappa shape index (κ2) is 6.91. The van der Waals surface area contributed by atoms with Crippen molar-refractivity contribution in [2.24, 2.45) is 0 Å². The van der Waals surface area contributed by atoms with Crippen LogP contribution in [-0.4, -0.2) is 43.4 Å². The van der Waals surface area contributed by atoms with Gasteiger partial charge in [-0.05, 0) is 12.1 Å². The fraction of sp³-hybridized carbons (Fsp3) is 0.462. The van der Waals surface area contributed by atoms with Crippen LogP contribution in [0.4, 0.5) is 0 Å². The molecule has 1 fully saturated rings. The summed E-state index contributed by atoms with van der Waals surface area (Å²) >= 11 is 17.8. The third-order valence-corrected chi connectivity index (χ3v) is 4.21. The maximum absolute atomic E-state index is 12.1. The molecule has 0 amide bonds. The quantitative estimate of drug-likeness (QED) is 0.683. The molecule has 104 valence electrons. The smallest absolute Gasteiger partial charge is 0.165 e. The molecule has 1 aliphatic rings. The van der Waals surface area contributed by atoms with Gasteiger partial charge >= 0.3 is 0 Å². The molecule has 0 saturated carbocycles. The number of benzene rings is 1.